The van der Waals surface area contributed by atoms with Gasteiger partial charge in [0.05, 0.1) is 22.9 Å². The van der Waals surface area contributed by atoms with E-state index in [1.807, 2.05) is 0 Å². The van der Waals surface area contributed by atoms with Gasteiger partial charge in [-0.05, 0) is 18.2 Å². The molecular weight excluding hydrogens is 285 g/mol. The maximum absolute atomic E-state index is 12.5. The molecule has 1 aromatic carbocycles. The van der Waals surface area contributed by atoms with E-state index in [-0.39, 0.29) is 30.5 Å². The SMILES string of the molecule is NCCOCC(=O)Nc1cc(C(F)(F)F)ccc1Cl. The minimum atomic E-state index is -4.50. The van der Waals surface area contributed by atoms with Crippen molar-refractivity contribution in [1.82, 2.24) is 0 Å². The fraction of sp³-hybridized carbons (Fsp3) is 0.364. The summed E-state index contributed by atoms with van der Waals surface area (Å²) in [5.74, 6) is -0.602. The maximum Gasteiger partial charge on any atom is 0.416 e. The molecule has 0 aliphatic rings. The lowest BCUT2D eigenvalue weighted by Gasteiger charge is -2.11. The first kappa shape index (κ1) is 15.7. The first-order valence-electron chi connectivity index (χ1n) is 5.29. The van der Waals surface area contributed by atoms with E-state index >= 15 is 0 Å². The minimum absolute atomic E-state index is 0.0141. The number of anilines is 1. The quantitative estimate of drug-likeness (QED) is 0.819. The maximum atomic E-state index is 12.5. The highest BCUT2D eigenvalue weighted by Crippen LogP contribution is 2.33. The summed E-state index contributed by atoms with van der Waals surface area (Å²) in [4.78, 5) is 11.4. The topological polar surface area (TPSA) is 64.3 Å². The highest BCUT2D eigenvalue weighted by molar-refractivity contribution is 6.33. The van der Waals surface area contributed by atoms with Crippen LogP contribution in [0, 0.1) is 0 Å². The molecule has 0 saturated carbocycles. The van der Waals surface area contributed by atoms with Crippen LogP contribution in [0.25, 0.3) is 0 Å². The lowest BCUT2D eigenvalue weighted by molar-refractivity contribution is -0.137. The number of halogens is 4. The van der Waals surface area contributed by atoms with Gasteiger partial charge in [0.15, 0.2) is 0 Å². The van der Waals surface area contributed by atoms with Crippen molar-refractivity contribution in [1.29, 1.82) is 0 Å². The van der Waals surface area contributed by atoms with Gasteiger partial charge in [0.25, 0.3) is 0 Å². The number of benzene rings is 1. The summed E-state index contributed by atoms with van der Waals surface area (Å²) >= 11 is 5.71. The molecule has 1 amide bonds. The number of carbonyl (C=O) groups is 1. The Morgan fingerprint density at radius 3 is 2.68 bits per heavy atom. The van der Waals surface area contributed by atoms with Gasteiger partial charge in [0, 0.05) is 6.54 Å². The van der Waals surface area contributed by atoms with E-state index in [4.69, 9.17) is 22.1 Å². The fourth-order valence-electron chi connectivity index (χ4n) is 1.23. The van der Waals surface area contributed by atoms with Crippen LogP contribution in [0.2, 0.25) is 5.02 Å². The molecule has 8 heteroatoms. The van der Waals surface area contributed by atoms with Crippen molar-refractivity contribution in [3.8, 4) is 0 Å². The first-order chi connectivity index (χ1) is 8.84. The van der Waals surface area contributed by atoms with Crippen LogP contribution in [0.3, 0.4) is 0 Å². The third-order valence-corrected chi connectivity index (χ3v) is 2.39. The Morgan fingerprint density at radius 2 is 2.11 bits per heavy atom. The molecular formula is C11H12ClF3N2O2. The second-order valence-corrected chi connectivity index (χ2v) is 3.99. The van der Waals surface area contributed by atoms with E-state index in [1.165, 1.54) is 0 Å². The molecule has 0 saturated heterocycles. The van der Waals surface area contributed by atoms with Crippen LogP contribution in [0.4, 0.5) is 18.9 Å². The van der Waals surface area contributed by atoms with Gasteiger partial charge in [-0.3, -0.25) is 4.79 Å². The molecule has 19 heavy (non-hydrogen) atoms. The zero-order chi connectivity index (χ0) is 14.5. The molecule has 0 heterocycles. The van der Waals surface area contributed by atoms with E-state index in [1.54, 1.807) is 0 Å². The van der Waals surface area contributed by atoms with Crippen molar-refractivity contribution in [3.05, 3.63) is 28.8 Å². The standard InChI is InChI=1S/C11H12ClF3N2O2/c12-8-2-1-7(11(13,14)15)5-9(8)17-10(18)6-19-4-3-16/h1-2,5H,3-4,6,16H2,(H,17,18). The van der Waals surface area contributed by atoms with Crippen LogP contribution in [0.15, 0.2) is 18.2 Å². The van der Waals surface area contributed by atoms with Crippen molar-refractivity contribution in [2.75, 3.05) is 25.1 Å². The largest absolute Gasteiger partial charge is 0.416 e. The number of alkyl halides is 3. The third-order valence-electron chi connectivity index (χ3n) is 2.06. The van der Waals surface area contributed by atoms with Crippen molar-refractivity contribution in [3.63, 3.8) is 0 Å². The van der Waals surface area contributed by atoms with E-state index in [0.717, 1.165) is 18.2 Å². The Kier molecular flexibility index (Phi) is 5.59. The average molecular weight is 297 g/mol. The summed E-state index contributed by atoms with van der Waals surface area (Å²) in [6.07, 6.45) is -4.50. The van der Waals surface area contributed by atoms with Crippen molar-refractivity contribution in [2.45, 2.75) is 6.18 Å². The summed E-state index contributed by atoms with van der Waals surface area (Å²) in [6.45, 7) is 0.130. The van der Waals surface area contributed by atoms with Gasteiger partial charge >= 0.3 is 6.18 Å². The smallest absolute Gasteiger partial charge is 0.370 e. The van der Waals surface area contributed by atoms with Crippen LogP contribution in [0.5, 0.6) is 0 Å². The number of hydrogen-bond acceptors (Lipinski definition) is 3. The summed E-state index contributed by atoms with van der Waals surface area (Å²) in [5, 5.41) is 2.26. The molecule has 0 spiro atoms. The minimum Gasteiger partial charge on any atom is -0.370 e. The van der Waals surface area contributed by atoms with Crippen molar-refractivity contribution < 1.29 is 22.7 Å². The van der Waals surface area contributed by atoms with Gasteiger partial charge in [-0.1, -0.05) is 11.6 Å². The van der Waals surface area contributed by atoms with E-state index in [2.05, 4.69) is 5.32 Å². The number of carbonyl (C=O) groups excluding carboxylic acids is 1. The number of nitrogens with one attached hydrogen (secondary N) is 1. The van der Waals surface area contributed by atoms with Gasteiger partial charge in [-0.2, -0.15) is 13.2 Å². The van der Waals surface area contributed by atoms with Gasteiger partial charge in [0.1, 0.15) is 6.61 Å². The van der Waals surface area contributed by atoms with Gasteiger partial charge in [-0.15, -0.1) is 0 Å². The number of hydrogen-bond donors (Lipinski definition) is 2. The number of rotatable bonds is 5. The Balaban J connectivity index is 2.74. The van der Waals surface area contributed by atoms with Gasteiger partial charge < -0.3 is 15.8 Å². The molecule has 0 unspecified atom stereocenters. The molecule has 3 N–H and O–H groups in total. The van der Waals surface area contributed by atoms with Crippen molar-refractivity contribution in [2.24, 2.45) is 5.73 Å². The normalized spacial score (nSPS) is 11.4. The highest BCUT2D eigenvalue weighted by Gasteiger charge is 2.31. The molecule has 0 aromatic heterocycles. The van der Waals surface area contributed by atoms with E-state index in [0.29, 0.717) is 0 Å². The monoisotopic (exact) mass is 296 g/mol. The van der Waals surface area contributed by atoms with Crippen LogP contribution < -0.4 is 11.1 Å². The molecule has 0 bridgehead atoms. The van der Waals surface area contributed by atoms with E-state index in [9.17, 15) is 18.0 Å². The van der Waals surface area contributed by atoms with Crippen LogP contribution in [-0.2, 0) is 15.7 Å². The number of nitrogens with two attached hydrogens (primary N) is 1. The lowest BCUT2D eigenvalue weighted by atomic mass is 10.2. The third kappa shape index (κ3) is 5.06. The zero-order valence-electron chi connectivity index (χ0n) is 9.76. The molecule has 0 radical (unpaired) electrons. The van der Waals surface area contributed by atoms with E-state index < -0.39 is 17.6 Å². The Hall–Kier alpha value is -1.31. The average Bonchev–Trinajstić information content (AvgIpc) is 2.31. The lowest BCUT2D eigenvalue weighted by Crippen LogP contribution is -2.21. The predicted octanol–water partition coefficient (Wildman–Crippen LogP) is 2.27. The molecule has 0 aliphatic carbocycles. The Bertz CT molecular complexity index is 452. The first-order valence-corrected chi connectivity index (χ1v) is 5.67. The predicted molar refractivity (Wildman–Crippen MR) is 65.0 cm³/mol. The molecule has 4 nitrogen and oxygen atoms in total. The molecule has 0 fully saturated rings. The molecule has 0 atom stereocenters. The second-order valence-electron chi connectivity index (χ2n) is 3.58. The molecule has 106 valence electrons. The Labute approximate surface area is 112 Å². The van der Waals surface area contributed by atoms with Crippen molar-refractivity contribution >= 4 is 23.2 Å². The summed E-state index contributed by atoms with van der Waals surface area (Å²) in [6, 6.07) is 2.67. The van der Waals surface area contributed by atoms with Crippen LogP contribution in [0.1, 0.15) is 5.56 Å². The van der Waals surface area contributed by atoms with Gasteiger partial charge in [-0.25, -0.2) is 0 Å². The molecule has 1 aromatic rings. The molecule has 1 rings (SSSR count). The molecule has 0 aliphatic heterocycles. The highest BCUT2D eigenvalue weighted by atomic mass is 35.5. The summed E-state index contributed by atoms with van der Waals surface area (Å²) in [7, 11) is 0. The van der Waals surface area contributed by atoms with Crippen LogP contribution in [-0.4, -0.2) is 25.7 Å². The fourth-order valence-corrected chi connectivity index (χ4v) is 1.40. The Morgan fingerprint density at radius 1 is 1.42 bits per heavy atom. The summed E-state index contributed by atoms with van der Waals surface area (Å²) in [5.41, 5.74) is 4.15. The number of amides is 1. The second kappa shape index (κ2) is 6.74. The summed E-state index contributed by atoms with van der Waals surface area (Å²) < 4.78 is 42.3. The zero-order valence-corrected chi connectivity index (χ0v) is 10.5. The van der Waals surface area contributed by atoms with Crippen LogP contribution >= 0.6 is 11.6 Å². The van der Waals surface area contributed by atoms with Gasteiger partial charge in [0.2, 0.25) is 5.91 Å². The number of ether oxygens (including phenoxy) is 1.